The fourth-order valence-electron chi connectivity index (χ4n) is 1.38. The van der Waals surface area contributed by atoms with E-state index in [1.165, 1.54) is 0 Å². The molecular weight excluding hydrogens is 202 g/mol. The molecular formula is C13H22NO2+. The molecule has 3 nitrogen and oxygen atoms in total. The summed E-state index contributed by atoms with van der Waals surface area (Å²) in [6, 6.07) is 5.90. The molecule has 0 amide bonds. The minimum absolute atomic E-state index is 0.731. The first-order valence-electron chi connectivity index (χ1n) is 5.50. The van der Waals surface area contributed by atoms with Crippen molar-refractivity contribution in [1.29, 1.82) is 0 Å². The van der Waals surface area contributed by atoms with E-state index in [0.29, 0.717) is 0 Å². The molecule has 0 fully saturated rings. The Morgan fingerprint density at radius 3 is 2.38 bits per heavy atom. The monoisotopic (exact) mass is 224 g/mol. The molecule has 0 aromatic heterocycles. The lowest BCUT2D eigenvalue weighted by Gasteiger charge is -2.23. The molecule has 0 atom stereocenters. The summed E-state index contributed by atoms with van der Waals surface area (Å²) in [5, 5.41) is 0. The molecule has 0 spiro atoms. The number of rotatable bonds is 5. The molecule has 1 rings (SSSR count). The molecule has 0 N–H and O–H groups in total. The number of ether oxygens (including phenoxy) is 2. The zero-order valence-corrected chi connectivity index (χ0v) is 10.9. The molecule has 0 aliphatic heterocycles. The number of likely N-dealkylation sites (N-methyl/N-ethyl adjacent to an activating group) is 1. The second-order valence-electron chi connectivity index (χ2n) is 4.99. The van der Waals surface area contributed by atoms with Gasteiger partial charge in [-0.2, -0.15) is 0 Å². The van der Waals surface area contributed by atoms with E-state index in [0.717, 1.165) is 34.7 Å². The van der Waals surface area contributed by atoms with Crippen LogP contribution in [-0.2, 0) is 0 Å². The molecule has 0 bridgehead atoms. The predicted octanol–water partition coefficient (Wildman–Crippen LogP) is 2.09. The Kier molecular flexibility index (Phi) is 4.19. The highest BCUT2D eigenvalue weighted by Gasteiger charge is 2.07. The highest BCUT2D eigenvalue weighted by atomic mass is 16.5. The van der Waals surface area contributed by atoms with Crippen LogP contribution in [0.4, 0.5) is 0 Å². The van der Waals surface area contributed by atoms with Crippen molar-refractivity contribution < 1.29 is 14.0 Å². The third kappa shape index (κ3) is 4.11. The van der Waals surface area contributed by atoms with Gasteiger partial charge >= 0.3 is 0 Å². The summed E-state index contributed by atoms with van der Waals surface area (Å²) in [6.07, 6.45) is 0. The van der Waals surface area contributed by atoms with E-state index >= 15 is 0 Å². The van der Waals surface area contributed by atoms with Gasteiger partial charge in [-0.05, 0) is 30.7 Å². The van der Waals surface area contributed by atoms with Crippen LogP contribution in [0.25, 0.3) is 0 Å². The second-order valence-corrected chi connectivity index (χ2v) is 4.99. The Hall–Kier alpha value is -1.22. The van der Waals surface area contributed by atoms with Gasteiger partial charge in [-0.25, -0.2) is 0 Å². The minimum atomic E-state index is 0.731. The minimum Gasteiger partial charge on any atom is -0.496 e. The fraction of sp³-hybridized carbons (Fsp3) is 0.538. The molecule has 0 radical (unpaired) electrons. The van der Waals surface area contributed by atoms with E-state index in [9.17, 15) is 0 Å². The molecule has 0 saturated heterocycles. The maximum Gasteiger partial charge on any atom is 0.137 e. The quantitative estimate of drug-likeness (QED) is 0.713. The number of hydrogen-bond donors (Lipinski definition) is 0. The lowest BCUT2D eigenvalue weighted by atomic mass is 10.2. The standard InChI is InChI=1S/C13H22NO2/c1-11-10-12(6-7-13(11)15-5)16-9-8-14(2,3)4/h6-7,10H,8-9H2,1-5H3/q+1. The highest BCUT2D eigenvalue weighted by molar-refractivity contribution is 5.39. The van der Waals surface area contributed by atoms with Crippen molar-refractivity contribution in [2.24, 2.45) is 0 Å². The van der Waals surface area contributed by atoms with Gasteiger partial charge in [-0.3, -0.25) is 0 Å². The SMILES string of the molecule is COc1ccc(OCC[N+](C)(C)C)cc1C. The Labute approximate surface area is 98.2 Å². The average molecular weight is 224 g/mol. The summed E-state index contributed by atoms with van der Waals surface area (Å²) in [5.74, 6) is 1.81. The van der Waals surface area contributed by atoms with Crippen LogP contribution in [-0.4, -0.2) is 45.9 Å². The molecule has 0 aliphatic carbocycles. The van der Waals surface area contributed by atoms with Gasteiger partial charge in [-0.1, -0.05) is 0 Å². The molecule has 90 valence electrons. The number of benzene rings is 1. The van der Waals surface area contributed by atoms with Crippen LogP contribution in [0.3, 0.4) is 0 Å². The van der Waals surface area contributed by atoms with E-state index in [2.05, 4.69) is 21.1 Å². The largest absolute Gasteiger partial charge is 0.496 e. The molecule has 1 aromatic carbocycles. The Balaban J connectivity index is 2.52. The molecule has 3 heteroatoms. The van der Waals surface area contributed by atoms with Gasteiger partial charge in [0.25, 0.3) is 0 Å². The molecule has 0 saturated carbocycles. The summed E-state index contributed by atoms with van der Waals surface area (Å²) in [4.78, 5) is 0. The van der Waals surface area contributed by atoms with Crippen molar-refractivity contribution in [2.75, 3.05) is 41.4 Å². The normalized spacial score (nSPS) is 11.3. The fourth-order valence-corrected chi connectivity index (χ4v) is 1.38. The van der Waals surface area contributed by atoms with Gasteiger partial charge in [-0.15, -0.1) is 0 Å². The zero-order chi connectivity index (χ0) is 12.2. The van der Waals surface area contributed by atoms with Crippen LogP contribution in [0.5, 0.6) is 11.5 Å². The number of hydrogen-bond acceptors (Lipinski definition) is 2. The van der Waals surface area contributed by atoms with E-state index in [1.807, 2.05) is 25.1 Å². The summed E-state index contributed by atoms with van der Waals surface area (Å²) < 4.78 is 11.8. The van der Waals surface area contributed by atoms with Gasteiger partial charge in [0.05, 0.1) is 28.3 Å². The van der Waals surface area contributed by atoms with Gasteiger partial charge in [0.15, 0.2) is 0 Å². The van der Waals surface area contributed by atoms with Crippen LogP contribution in [0.1, 0.15) is 5.56 Å². The van der Waals surface area contributed by atoms with Crippen molar-refractivity contribution >= 4 is 0 Å². The Morgan fingerprint density at radius 2 is 1.88 bits per heavy atom. The van der Waals surface area contributed by atoms with Gasteiger partial charge in [0.2, 0.25) is 0 Å². The average Bonchev–Trinajstić information content (AvgIpc) is 2.16. The maximum atomic E-state index is 5.69. The molecule has 0 unspecified atom stereocenters. The van der Waals surface area contributed by atoms with Gasteiger partial charge < -0.3 is 14.0 Å². The highest BCUT2D eigenvalue weighted by Crippen LogP contribution is 2.22. The number of nitrogens with zero attached hydrogens (tertiary/aromatic N) is 1. The van der Waals surface area contributed by atoms with E-state index in [4.69, 9.17) is 9.47 Å². The van der Waals surface area contributed by atoms with Crippen molar-refractivity contribution in [3.8, 4) is 11.5 Å². The Bertz CT molecular complexity index is 342. The smallest absolute Gasteiger partial charge is 0.137 e. The zero-order valence-electron chi connectivity index (χ0n) is 10.9. The third-order valence-electron chi connectivity index (χ3n) is 2.40. The second kappa shape index (κ2) is 5.21. The molecule has 0 heterocycles. The van der Waals surface area contributed by atoms with E-state index in [-0.39, 0.29) is 0 Å². The van der Waals surface area contributed by atoms with E-state index < -0.39 is 0 Å². The molecule has 0 aliphatic rings. The van der Waals surface area contributed by atoms with Crippen LogP contribution in [0.15, 0.2) is 18.2 Å². The predicted molar refractivity (Wildman–Crippen MR) is 66.1 cm³/mol. The van der Waals surface area contributed by atoms with Crippen molar-refractivity contribution in [3.63, 3.8) is 0 Å². The van der Waals surface area contributed by atoms with Crippen molar-refractivity contribution in [2.45, 2.75) is 6.92 Å². The lowest BCUT2D eigenvalue weighted by molar-refractivity contribution is -0.870. The first-order chi connectivity index (χ1) is 7.42. The van der Waals surface area contributed by atoms with Crippen LogP contribution in [0, 0.1) is 6.92 Å². The summed E-state index contributed by atoms with van der Waals surface area (Å²) in [6.45, 7) is 3.74. The number of quaternary nitrogens is 1. The number of aryl methyl sites for hydroxylation is 1. The number of methoxy groups -OCH3 is 1. The van der Waals surface area contributed by atoms with E-state index in [1.54, 1.807) is 7.11 Å². The molecule has 16 heavy (non-hydrogen) atoms. The summed E-state index contributed by atoms with van der Waals surface area (Å²) >= 11 is 0. The third-order valence-corrected chi connectivity index (χ3v) is 2.40. The summed E-state index contributed by atoms with van der Waals surface area (Å²) in [5.41, 5.74) is 1.10. The lowest BCUT2D eigenvalue weighted by Crippen LogP contribution is -2.38. The first kappa shape index (κ1) is 12.8. The van der Waals surface area contributed by atoms with Crippen LogP contribution < -0.4 is 9.47 Å². The molecule has 1 aromatic rings. The van der Waals surface area contributed by atoms with Crippen molar-refractivity contribution in [1.82, 2.24) is 0 Å². The van der Waals surface area contributed by atoms with Gasteiger partial charge in [0, 0.05) is 0 Å². The van der Waals surface area contributed by atoms with Crippen LogP contribution >= 0.6 is 0 Å². The summed E-state index contributed by atoms with van der Waals surface area (Å²) in [7, 11) is 8.15. The Morgan fingerprint density at radius 1 is 1.19 bits per heavy atom. The van der Waals surface area contributed by atoms with Crippen LogP contribution in [0.2, 0.25) is 0 Å². The first-order valence-corrected chi connectivity index (χ1v) is 5.50. The van der Waals surface area contributed by atoms with Crippen molar-refractivity contribution in [3.05, 3.63) is 23.8 Å². The van der Waals surface area contributed by atoms with Gasteiger partial charge in [0.1, 0.15) is 24.7 Å². The maximum absolute atomic E-state index is 5.69. The topological polar surface area (TPSA) is 18.5 Å².